The molecule has 6 heteroatoms. The highest BCUT2D eigenvalue weighted by Crippen LogP contribution is 2.17. The van der Waals surface area contributed by atoms with Gasteiger partial charge in [-0.05, 0) is 83.5 Å². The quantitative estimate of drug-likeness (QED) is 0.0321. The molecule has 3 N–H and O–H groups in total. The minimum absolute atomic E-state index is 0.00415. The van der Waals surface area contributed by atoms with Crippen molar-refractivity contribution in [1.29, 1.82) is 0 Å². The summed E-state index contributed by atoms with van der Waals surface area (Å²) in [5.74, 6) is -0.0877. The number of carbonyl (C=O) groups excluding carboxylic acids is 2. The van der Waals surface area contributed by atoms with Crippen LogP contribution >= 0.6 is 0 Å². The Morgan fingerprint density at radius 1 is 0.391 bits per heavy atom. The molecule has 2 atom stereocenters. The first-order valence-electron chi connectivity index (χ1n) is 30.8. The predicted molar refractivity (Wildman–Crippen MR) is 301 cm³/mol. The van der Waals surface area contributed by atoms with Crippen molar-refractivity contribution >= 4 is 11.9 Å². The van der Waals surface area contributed by atoms with Crippen LogP contribution < -0.4 is 5.32 Å². The van der Waals surface area contributed by atoms with Gasteiger partial charge in [0.1, 0.15) is 0 Å². The Hall–Kier alpha value is -1.92. The van der Waals surface area contributed by atoms with Crippen molar-refractivity contribution < 1.29 is 24.5 Å². The third kappa shape index (κ3) is 55.2. The number of amides is 1. The topological polar surface area (TPSA) is 95.9 Å². The zero-order chi connectivity index (χ0) is 50.0. The summed E-state index contributed by atoms with van der Waals surface area (Å²) < 4.78 is 5.49. The number of hydrogen-bond acceptors (Lipinski definition) is 5. The summed E-state index contributed by atoms with van der Waals surface area (Å²) in [4.78, 5) is 24.6. The molecule has 0 aromatic heterocycles. The van der Waals surface area contributed by atoms with Gasteiger partial charge in [-0.1, -0.05) is 269 Å². The van der Waals surface area contributed by atoms with E-state index < -0.39 is 12.1 Å². The standard InChI is InChI=1S/C63H119NO5/c1-3-5-7-9-11-13-15-17-19-21-22-24-29-33-37-41-45-49-53-57-63(68)69-58-54-50-46-42-38-34-30-26-25-28-32-36-40-44-48-52-56-62(67)64-60(59-65)61(66)55-51-47-43-39-35-31-27-23-20-18-16-14-12-10-8-6-4-2/h17,19,25,28,51,55,60-61,65-66H,3-16,18,20-24,26-27,29-50,52-54,56-59H2,1-2H3,(H,64,67)/b19-17-,28-25-,55-51+. The minimum Gasteiger partial charge on any atom is -0.466 e. The first-order chi connectivity index (χ1) is 34.0. The lowest BCUT2D eigenvalue weighted by molar-refractivity contribution is -0.143. The summed E-state index contributed by atoms with van der Waals surface area (Å²) in [6, 6.07) is -0.641. The molecule has 2 unspecified atom stereocenters. The second-order valence-electron chi connectivity index (χ2n) is 21.0. The number of ether oxygens (including phenoxy) is 1. The lowest BCUT2D eigenvalue weighted by Crippen LogP contribution is -2.45. The molecule has 6 nitrogen and oxygen atoms in total. The van der Waals surface area contributed by atoms with Gasteiger partial charge in [-0.15, -0.1) is 0 Å². The van der Waals surface area contributed by atoms with Crippen molar-refractivity contribution in [3.05, 3.63) is 36.5 Å². The average Bonchev–Trinajstić information content (AvgIpc) is 3.35. The van der Waals surface area contributed by atoms with Crippen LogP contribution in [-0.4, -0.2) is 47.4 Å². The fraction of sp³-hybridized carbons (Fsp3) is 0.873. The second kappa shape index (κ2) is 58.6. The van der Waals surface area contributed by atoms with Crippen molar-refractivity contribution in [2.45, 2.75) is 341 Å². The van der Waals surface area contributed by atoms with Crippen molar-refractivity contribution in [2.24, 2.45) is 0 Å². The Kier molecular flexibility index (Phi) is 57.0. The van der Waals surface area contributed by atoms with Gasteiger partial charge in [-0.2, -0.15) is 0 Å². The molecule has 0 aromatic rings. The van der Waals surface area contributed by atoms with Gasteiger partial charge in [0.2, 0.25) is 5.91 Å². The van der Waals surface area contributed by atoms with E-state index in [9.17, 15) is 19.8 Å². The van der Waals surface area contributed by atoms with Crippen LogP contribution in [0.5, 0.6) is 0 Å². The SMILES string of the molecule is CCCCCCCC/C=C\CCCCCCCCCCCC(=O)OCCCCCCCCC/C=C\CCCCCCCC(=O)NC(CO)C(O)/C=C/CCCCCCCCCCCCCCCCC. The van der Waals surface area contributed by atoms with Crippen molar-refractivity contribution in [2.75, 3.05) is 13.2 Å². The highest BCUT2D eigenvalue weighted by atomic mass is 16.5. The van der Waals surface area contributed by atoms with Crippen LogP contribution in [0.1, 0.15) is 328 Å². The van der Waals surface area contributed by atoms with Gasteiger partial charge in [0, 0.05) is 12.8 Å². The number of carbonyl (C=O) groups is 2. The van der Waals surface area contributed by atoms with E-state index in [1.165, 1.54) is 238 Å². The van der Waals surface area contributed by atoms with E-state index in [1.54, 1.807) is 6.08 Å². The smallest absolute Gasteiger partial charge is 0.305 e. The molecular formula is C63H119NO5. The van der Waals surface area contributed by atoms with Crippen LogP contribution in [0, 0.1) is 0 Å². The Morgan fingerprint density at radius 2 is 0.681 bits per heavy atom. The molecule has 0 saturated heterocycles. The molecule has 0 aromatic carbocycles. The van der Waals surface area contributed by atoms with Gasteiger partial charge in [0.15, 0.2) is 0 Å². The van der Waals surface area contributed by atoms with Crippen molar-refractivity contribution in [3.8, 4) is 0 Å². The van der Waals surface area contributed by atoms with E-state index in [4.69, 9.17) is 4.74 Å². The third-order valence-corrected chi connectivity index (χ3v) is 14.1. The fourth-order valence-corrected chi connectivity index (χ4v) is 9.39. The Morgan fingerprint density at radius 3 is 1.03 bits per heavy atom. The van der Waals surface area contributed by atoms with Crippen LogP contribution in [-0.2, 0) is 14.3 Å². The minimum atomic E-state index is -0.856. The van der Waals surface area contributed by atoms with E-state index in [0.717, 1.165) is 64.2 Å². The van der Waals surface area contributed by atoms with Gasteiger partial charge in [0.25, 0.3) is 0 Å². The van der Waals surface area contributed by atoms with E-state index in [0.29, 0.717) is 19.4 Å². The summed E-state index contributed by atoms with van der Waals surface area (Å²) in [5, 5.41) is 23.1. The Balaban J connectivity index is 3.47. The number of allylic oxidation sites excluding steroid dienone is 5. The number of rotatable bonds is 57. The molecule has 406 valence electrons. The molecule has 1 amide bonds. The van der Waals surface area contributed by atoms with Gasteiger partial charge < -0.3 is 20.3 Å². The van der Waals surface area contributed by atoms with Gasteiger partial charge >= 0.3 is 5.97 Å². The number of aliphatic hydroxyl groups is 2. The number of hydrogen-bond donors (Lipinski definition) is 3. The molecule has 0 aliphatic carbocycles. The maximum absolute atomic E-state index is 12.5. The highest BCUT2D eigenvalue weighted by Gasteiger charge is 2.18. The highest BCUT2D eigenvalue weighted by molar-refractivity contribution is 5.76. The van der Waals surface area contributed by atoms with Gasteiger partial charge in [0.05, 0.1) is 25.4 Å². The summed E-state index contributed by atoms with van der Waals surface area (Å²) in [6.45, 7) is 4.89. The molecule has 0 fully saturated rings. The maximum Gasteiger partial charge on any atom is 0.305 e. The summed E-state index contributed by atoms with van der Waals surface area (Å²) in [6.07, 6.45) is 73.2. The first kappa shape index (κ1) is 67.1. The zero-order valence-electron chi connectivity index (χ0n) is 46.3. The normalized spacial score (nSPS) is 12.8. The van der Waals surface area contributed by atoms with Gasteiger partial charge in [-0.25, -0.2) is 0 Å². The van der Waals surface area contributed by atoms with E-state index >= 15 is 0 Å². The van der Waals surface area contributed by atoms with E-state index in [1.807, 2.05) is 6.08 Å². The maximum atomic E-state index is 12.5. The molecule has 0 aliphatic rings. The fourth-order valence-electron chi connectivity index (χ4n) is 9.39. The first-order valence-corrected chi connectivity index (χ1v) is 30.8. The second-order valence-corrected chi connectivity index (χ2v) is 21.0. The van der Waals surface area contributed by atoms with Crippen molar-refractivity contribution in [3.63, 3.8) is 0 Å². The van der Waals surface area contributed by atoms with Gasteiger partial charge in [-0.3, -0.25) is 9.59 Å². The molecule has 0 radical (unpaired) electrons. The third-order valence-electron chi connectivity index (χ3n) is 14.1. The lowest BCUT2D eigenvalue weighted by Gasteiger charge is -2.20. The number of unbranched alkanes of at least 4 members (excludes halogenated alkanes) is 42. The van der Waals surface area contributed by atoms with E-state index in [2.05, 4.69) is 43.5 Å². The molecular weight excluding hydrogens is 851 g/mol. The van der Waals surface area contributed by atoms with Crippen LogP contribution in [0.15, 0.2) is 36.5 Å². The molecule has 0 bridgehead atoms. The van der Waals surface area contributed by atoms with Crippen LogP contribution in [0.4, 0.5) is 0 Å². The summed E-state index contributed by atoms with van der Waals surface area (Å²) in [7, 11) is 0. The molecule has 69 heavy (non-hydrogen) atoms. The monoisotopic (exact) mass is 970 g/mol. The Labute approximate surface area is 430 Å². The Bertz CT molecular complexity index is 1120. The molecule has 0 spiro atoms. The summed E-state index contributed by atoms with van der Waals surface area (Å²) in [5.41, 5.74) is 0. The average molecular weight is 971 g/mol. The van der Waals surface area contributed by atoms with Crippen molar-refractivity contribution in [1.82, 2.24) is 5.32 Å². The van der Waals surface area contributed by atoms with E-state index in [-0.39, 0.29) is 18.5 Å². The molecule has 0 saturated carbocycles. The molecule has 0 rings (SSSR count). The molecule has 0 heterocycles. The predicted octanol–water partition coefficient (Wildman–Crippen LogP) is 19.2. The van der Waals surface area contributed by atoms with Crippen LogP contribution in [0.2, 0.25) is 0 Å². The molecule has 0 aliphatic heterocycles. The number of esters is 1. The summed E-state index contributed by atoms with van der Waals surface area (Å²) >= 11 is 0. The zero-order valence-corrected chi connectivity index (χ0v) is 46.3. The van der Waals surface area contributed by atoms with Crippen LogP contribution in [0.25, 0.3) is 0 Å². The lowest BCUT2D eigenvalue weighted by atomic mass is 10.0. The number of aliphatic hydroxyl groups excluding tert-OH is 2. The van der Waals surface area contributed by atoms with Crippen LogP contribution in [0.3, 0.4) is 0 Å². The largest absolute Gasteiger partial charge is 0.466 e. The number of nitrogens with one attached hydrogen (secondary N) is 1.